The van der Waals surface area contributed by atoms with Gasteiger partial charge in [-0.1, -0.05) is 38.1 Å². The standard InChI is InChI=1S/C21H32N2O/c1-17(2)19-8-10-20(11-9-19)23-15-13-22(14-16-23)12-6-5-7-21(24)18(3)4/h8-11,18H,1,5-7,12-16H2,2-4H3. The van der Waals surface area contributed by atoms with E-state index in [-0.39, 0.29) is 5.92 Å². The van der Waals surface area contributed by atoms with E-state index in [1.54, 1.807) is 0 Å². The first-order valence-corrected chi connectivity index (χ1v) is 9.23. The summed E-state index contributed by atoms with van der Waals surface area (Å²) in [7, 11) is 0. The zero-order valence-electron chi connectivity index (χ0n) is 15.6. The number of nitrogens with zero attached hydrogens (tertiary/aromatic N) is 2. The van der Waals surface area contributed by atoms with E-state index >= 15 is 0 Å². The number of hydrogen-bond acceptors (Lipinski definition) is 3. The Kier molecular flexibility index (Phi) is 7.04. The third-order valence-electron chi connectivity index (χ3n) is 4.89. The predicted octanol–water partition coefficient (Wildman–Crippen LogP) is 4.24. The van der Waals surface area contributed by atoms with Crippen LogP contribution in [0.15, 0.2) is 30.8 Å². The fraction of sp³-hybridized carbons (Fsp3) is 0.571. The summed E-state index contributed by atoms with van der Waals surface area (Å²) in [5.74, 6) is 0.586. The topological polar surface area (TPSA) is 23.6 Å². The highest BCUT2D eigenvalue weighted by atomic mass is 16.1. The second-order valence-corrected chi connectivity index (χ2v) is 7.23. The number of hydrogen-bond donors (Lipinski definition) is 0. The van der Waals surface area contributed by atoms with Crippen LogP contribution in [0, 0.1) is 5.92 Å². The minimum absolute atomic E-state index is 0.185. The molecule has 1 aromatic rings. The van der Waals surface area contributed by atoms with Gasteiger partial charge in [0.15, 0.2) is 0 Å². The Morgan fingerprint density at radius 1 is 1.08 bits per heavy atom. The Bertz CT molecular complexity index is 539. The van der Waals surface area contributed by atoms with E-state index in [1.165, 1.54) is 11.3 Å². The maximum absolute atomic E-state index is 11.6. The number of unbranched alkanes of at least 4 members (excludes halogenated alkanes) is 1. The molecule has 2 rings (SSSR count). The Morgan fingerprint density at radius 3 is 2.25 bits per heavy atom. The lowest BCUT2D eigenvalue weighted by molar-refractivity contribution is -0.122. The lowest BCUT2D eigenvalue weighted by Gasteiger charge is -2.36. The zero-order valence-corrected chi connectivity index (χ0v) is 15.6. The molecule has 0 atom stereocenters. The van der Waals surface area contributed by atoms with Crippen LogP contribution < -0.4 is 4.90 Å². The highest BCUT2D eigenvalue weighted by Gasteiger charge is 2.17. The molecule has 3 nitrogen and oxygen atoms in total. The van der Waals surface area contributed by atoms with E-state index < -0.39 is 0 Å². The third kappa shape index (κ3) is 5.48. The second-order valence-electron chi connectivity index (χ2n) is 7.23. The molecule has 3 heteroatoms. The molecule has 1 aromatic carbocycles. The number of benzene rings is 1. The molecule has 1 saturated heterocycles. The SMILES string of the molecule is C=C(C)c1ccc(N2CCN(CCCCC(=O)C(C)C)CC2)cc1. The van der Waals surface area contributed by atoms with Gasteiger partial charge in [-0.05, 0) is 44.0 Å². The van der Waals surface area contributed by atoms with Crippen molar-refractivity contribution in [3.63, 3.8) is 0 Å². The van der Waals surface area contributed by atoms with Crippen molar-refractivity contribution in [2.45, 2.75) is 40.0 Å². The van der Waals surface area contributed by atoms with Crippen LogP contribution in [-0.2, 0) is 4.79 Å². The summed E-state index contributed by atoms with van der Waals surface area (Å²) in [6.45, 7) is 15.5. The molecule has 0 saturated carbocycles. The summed E-state index contributed by atoms with van der Waals surface area (Å²) in [6.07, 6.45) is 2.90. The van der Waals surface area contributed by atoms with Crippen molar-refractivity contribution in [2.75, 3.05) is 37.6 Å². The molecule has 1 heterocycles. The van der Waals surface area contributed by atoms with E-state index in [0.29, 0.717) is 5.78 Å². The minimum atomic E-state index is 0.185. The number of piperazine rings is 1. The summed E-state index contributed by atoms with van der Waals surface area (Å²) in [4.78, 5) is 16.6. The average molecular weight is 329 g/mol. The molecule has 0 aliphatic carbocycles. The van der Waals surface area contributed by atoms with Gasteiger partial charge >= 0.3 is 0 Å². The van der Waals surface area contributed by atoms with Crippen molar-refractivity contribution < 1.29 is 4.79 Å². The third-order valence-corrected chi connectivity index (χ3v) is 4.89. The molecule has 0 aromatic heterocycles. The molecule has 1 fully saturated rings. The van der Waals surface area contributed by atoms with Crippen molar-refractivity contribution in [1.29, 1.82) is 0 Å². The van der Waals surface area contributed by atoms with Crippen LogP contribution in [0.3, 0.4) is 0 Å². The molecule has 1 aliphatic heterocycles. The molecule has 0 unspecified atom stereocenters. The molecule has 0 N–H and O–H groups in total. The summed E-state index contributed by atoms with van der Waals surface area (Å²) in [5.41, 5.74) is 3.64. The number of Topliss-reactive ketones (excluding diaryl/α,β-unsaturated/α-hetero) is 1. The van der Waals surface area contributed by atoms with Gasteiger partial charge in [0, 0.05) is 44.2 Å². The average Bonchev–Trinajstić information content (AvgIpc) is 2.59. The number of allylic oxidation sites excluding steroid dienone is 1. The van der Waals surface area contributed by atoms with Gasteiger partial charge in [-0.3, -0.25) is 9.69 Å². The Hall–Kier alpha value is -1.61. The summed E-state index contributed by atoms with van der Waals surface area (Å²) in [5, 5.41) is 0. The summed E-state index contributed by atoms with van der Waals surface area (Å²) in [6, 6.07) is 8.74. The van der Waals surface area contributed by atoms with Gasteiger partial charge in [0.05, 0.1) is 0 Å². The number of anilines is 1. The van der Waals surface area contributed by atoms with E-state index in [9.17, 15) is 4.79 Å². The second kappa shape index (κ2) is 9.03. The lowest BCUT2D eigenvalue weighted by atomic mass is 10.0. The van der Waals surface area contributed by atoms with Crippen LogP contribution in [0.5, 0.6) is 0 Å². The quantitative estimate of drug-likeness (QED) is 0.667. The van der Waals surface area contributed by atoms with Gasteiger partial charge in [-0.25, -0.2) is 0 Å². The van der Waals surface area contributed by atoms with Gasteiger partial charge < -0.3 is 4.90 Å². The van der Waals surface area contributed by atoms with Gasteiger partial charge in [-0.2, -0.15) is 0 Å². The number of carbonyl (C=O) groups is 1. The van der Waals surface area contributed by atoms with Crippen LogP contribution in [-0.4, -0.2) is 43.4 Å². The van der Waals surface area contributed by atoms with Crippen LogP contribution in [0.1, 0.15) is 45.6 Å². The van der Waals surface area contributed by atoms with Crippen molar-refractivity contribution in [3.05, 3.63) is 36.4 Å². The van der Waals surface area contributed by atoms with Crippen LogP contribution in [0.2, 0.25) is 0 Å². The number of carbonyl (C=O) groups excluding carboxylic acids is 1. The largest absolute Gasteiger partial charge is 0.369 e. The molecule has 0 amide bonds. The van der Waals surface area contributed by atoms with Crippen molar-refractivity contribution >= 4 is 17.0 Å². The first-order chi connectivity index (χ1) is 11.5. The van der Waals surface area contributed by atoms with E-state index in [2.05, 4.69) is 40.6 Å². The van der Waals surface area contributed by atoms with Crippen LogP contribution in [0.4, 0.5) is 5.69 Å². The first kappa shape index (κ1) is 18.7. The minimum Gasteiger partial charge on any atom is -0.369 e. The number of rotatable bonds is 8. The normalized spacial score (nSPS) is 15.8. The summed E-state index contributed by atoms with van der Waals surface area (Å²) >= 11 is 0. The lowest BCUT2D eigenvalue weighted by Crippen LogP contribution is -2.46. The maximum Gasteiger partial charge on any atom is 0.135 e. The molecular weight excluding hydrogens is 296 g/mol. The molecule has 0 radical (unpaired) electrons. The summed E-state index contributed by atoms with van der Waals surface area (Å²) < 4.78 is 0. The van der Waals surface area contributed by atoms with Gasteiger partial charge in [-0.15, -0.1) is 0 Å². The van der Waals surface area contributed by atoms with Gasteiger partial charge in [0.2, 0.25) is 0 Å². The zero-order chi connectivity index (χ0) is 17.5. The van der Waals surface area contributed by atoms with Crippen LogP contribution in [0.25, 0.3) is 5.57 Å². The smallest absolute Gasteiger partial charge is 0.135 e. The van der Waals surface area contributed by atoms with Gasteiger partial charge in [0.25, 0.3) is 0 Å². The highest BCUT2D eigenvalue weighted by Crippen LogP contribution is 2.20. The Morgan fingerprint density at radius 2 is 1.71 bits per heavy atom. The monoisotopic (exact) mass is 328 g/mol. The van der Waals surface area contributed by atoms with Gasteiger partial charge in [0.1, 0.15) is 5.78 Å². The first-order valence-electron chi connectivity index (χ1n) is 9.23. The molecule has 132 valence electrons. The van der Waals surface area contributed by atoms with Crippen molar-refractivity contribution in [2.24, 2.45) is 5.92 Å². The molecule has 0 bridgehead atoms. The Balaban J connectivity index is 1.69. The maximum atomic E-state index is 11.6. The Labute approximate surface area is 147 Å². The van der Waals surface area contributed by atoms with E-state index in [4.69, 9.17) is 0 Å². The molecule has 1 aliphatic rings. The molecule has 0 spiro atoms. The van der Waals surface area contributed by atoms with Crippen molar-refractivity contribution in [3.8, 4) is 0 Å². The highest BCUT2D eigenvalue weighted by molar-refractivity contribution is 5.80. The fourth-order valence-corrected chi connectivity index (χ4v) is 3.11. The number of ketones is 1. The molecule has 24 heavy (non-hydrogen) atoms. The predicted molar refractivity (Wildman–Crippen MR) is 103 cm³/mol. The van der Waals surface area contributed by atoms with Crippen LogP contribution >= 0.6 is 0 Å². The van der Waals surface area contributed by atoms with Crippen molar-refractivity contribution in [1.82, 2.24) is 4.90 Å². The van der Waals surface area contributed by atoms with E-state index in [0.717, 1.165) is 57.6 Å². The molecular formula is C21H32N2O. The van der Waals surface area contributed by atoms with E-state index in [1.807, 2.05) is 20.8 Å². The fourth-order valence-electron chi connectivity index (χ4n) is 3.11.